The predicted molar refractivity (Wildman–Crippen MR) is 155 cm³/mol. The van der Waals surface area contributed by atoms with Crippen molar-refractivity contribution in [2.75, 3.05) is 5.32 Å². The molecular formula is C30H23ClN4O3S. The van der Waals surface area contributed by atoms with Crippen LogP contribution < -0.4 is 16.2 Å². The Morgan fingerprint density at radius 1 is 0.846 bits per heavy atom. The summed E-state index contributed by atoms with van der Waals surface area (Å²) in [6.45, 7) is 0.00191. The Kier molecular flexibility index (Phi) is 7.96. The molecule has 0 fully saturated rings. The van der Waals surface area contributed by atoms with Crippen molar-refractivity contribution in [3.63, 3.8) is 0 Å². The Bertz CT molecular complexity index is 1670. The molecule has 2 aromatic heterocycles. The summed E-state index contributed by atoms with van der Waals surface area (Å²) in [5, 5.41) is 6.10. The van der Waals surface area contributed by atoms with Gasteiger partial charge in [-0.2, -0.15) is 0 Å². The number of hydrogen-bond acceptors (Lipinski definition) is 5. The molecule has 39 heavy (non-hydrogen) atoms. The van der Waals surface area contributed by atoms with E-state index in [1.165, 1.54) is 22.1 Å². The number of aromatic nitrogens is 2. The maximum absolute atomic E-state index is 13.5. The Morgan fingerprint density at radius 3 is 2.21 bits per heavy atom. The van der Waals surface area contributed by atoms with Gasteiger partial charge in [-0.05, 0) is 35.4 Å². The topological polar surface area (TPSA) is 93.1 Å². The molecule has 0 aliphatic heterocycles. The number of halogens is 1. The van der Waals surface area contributed by atoms with Crippen LogP contribution in [-0.4, -0.2) is 21.4 Å². The van der Waals surface area contributed by atoms with Crippen LogP contribution in [0.4, 0.5) is 5.69 Å². The van der Waals surface area contributed by atoms with Crippen molar-refractivity contribution in [2.24, 2.45) is 0 Å². The van der Waals surface area contributed by atoms with Crippen LogP contribution in [0.15, 0.2) is 108 Å². The highest BCUT2D eigenvalue weighted by Crippen LogP contribution is 2.28. The highest BCUT2D eigenvalue weighted by Gasteiger charge is 2.18. The highest BCUT2D eigenvalue weighted by atomic mass is 35.5. The van der Waals surface area contributed by atoms with Gasteiger partial charge in [0.25, 0.3) is 11.5 Å². The van der Waals surface area contributed by atoms with Gasteiger partial charge in [-0.25, -0.2) is 4.98 Å². The van der Waals surface area contributed by atoms with Crippen LogP contribution in [0.2, 0.25) is 5.02 Å². The molecule has 2 heterocycles. The summed E-state index contributed by atoms with van der Waals surface area (Å²) in [5.41, 5.74) is 2.00. The molecule has 0 bridgehead atoms. The third-order valence-corrected chi connectivity index (χ3v) is 7.31. The van der Waals surface area contributed by atoms with Crippen LogP contribution in [0.25, 0.3) is 21.8 Å². The zero-order valence-electron chi connectivity index (χ0n) is 20.6. The van der Waals surface area contributed by atoms with E-state index in [1.807, 2.05) is 66.7 Å². The molecule has 3 aromatic carbocycles. The van der Waals surface area contributed by atoms with E-state index in [2.05, 4.69) is 15.6 Å². The molecule has 194 valence electrons. The van der Waals surface area contributed by atoms with Gasteiger partial charge in [0.15, 0.2) is 0 Å². The second kappa shape index (κ2) is 11.9. The molecule has 9 heteroatoms. The molecule has 7 nitrogen and oxygen atoms in total. The van der Waals surface area contributed by atoms with Crippen molar-refractivity contribution in [1.29, 1.82) is 0 Å². The summed E-state index contributed by atoms with van der Waals surface area (Å²) < 4.78 is 1.27. The summed E-state index contributed by atoms with van der Waals surface area (Å²) in [6, 6.07) is 29.5. The van der Waals surface area contributed by atoms with E-state index in [9.17, 15) is 14.4 Å². The standard InChI is InChI=1S/C30H23ClN4O3S/c31-23-13-11-20(12-14-23)17-32-27(36)19-35-28(22-9-5-2-6-10-22)33-18-24(30(35)38)34-29(37)26-16-15-25(39-26)21-7-3-1-4-8-21/h1-16,18H,17,19H2,(H,32,36)(H,34,37). The molecule has 5 aromatic rings. The Hall–Kier alpha value is -4.53. The molecule has 0 saturated carbocycles. The number of rotatable bonds is 8. The van der Waals surface area contributed by atoms with E-state index in [-0.39, 0.29) is 24.7 Å². The van der Waals surface area contributed by atoms with E-state index in [0.717, 1.165) is 16.0 Å². The van der Waals surface area contributed by atoms with Crippen LogP contribution in [-0.2, 0) is 17.9 Å². The van der Waals surface area contributed by atoms with Crippen LogP contribution in [0, 0.1) is 0 Å². The first-order chi connectivity index (χ1) is 19.0. The van der Waals surface area contributed by atoms with Crippen molar-refractivity contribution >= 4 is 40.4 Å². The summed E-state index contributed by atoms with van der Waals surface area (Å²) >= 11 is 7.26. The van der Waals surface area contributed by atoms with Gasteiger partial charge < -0.3 is 10.6 Å². The van der Waals surface area contributed by atoms with E-state index < -0.39 is 11.5 Å². The predicted octanol–water partition coefficient (Wildman–Crippen LogP) is 5.86. The van der Waals surface area contributed by atoms with Gasteiger partial charge in [-0.15, -0.1) is 11.3 Å². The second-order valence-corrected chi connectivity index (χ2v) is 10.2. The molecule has 0 unspecified atom stereocenters. The van der Waals surface area contributed by atoms with Crippen LogP contribution in [0.3, 0.4) is 0 Å². The van der Waals surface area contributed by atoms with Gasteiger partial charge in [0.2, 0.25) is 5.91 Å². The van der Waals surface area contributed by atoms with Crippen molar-refractivity contribution < 1.29 is 9.59 Å². The maximum Gasteiger partial charge on any atom is 0.278 e. The third-order valence-electron chi connectivity index (χ3n) is 5.92. The molecule has 0 radical (unpaired) electrons. The maximum atomic E-state index is 13.5. The van der Waals surface area contributed by atoms with Gasteiger partial charge in [-0.3, -0.25) is 19.0 Å². The second-order valence-electron chi connectivity index (χ2n) is 8.64. The molecule has 0 spiro atoms. The fraction of sp³-hybridized carbons (Fsp3) is 0.0667. The normalized spacial score (nSPS) is 10.7. The fourth-order valence-corrected chi connectivity index (χ4v) is 4.98. The van der Waals surface area contributed by atoms with Gasteiger partial charge >= 0.3 is 0 Å². The number of benzene rings is 3. The zero-order chi connectivity index (χ0) is 27.2. The Balaban J connectivity index is 1.38. The summed E-state index contributed by atoms with van der Waals surface area (Å²) in [5.74, 6) is -0.477. The van der Waals surface area contributed by atoms with Crippen molar-refractivity contribution in [1.82, 2.24) is 14.9 Å². The van der Waals surface area contributed by atoms with E-state index in [4.69, 9.17) is 11.6 Å². The first kappa shape index (κ1) is 26.1. The van der Waals surface area contributed by atoms with Gasteiger partial charge in [0.1, 0.15) is 18.1 Å². The van der Waals surface area contributed by atoms with Gasteiger partial charge in [-0.1, -0.05) is 84.4 Å². The largest absolute Gasteiger partial charge is 0.350 e. The molecule has 2 amide bonds. The van der Waals surface area contributed by atoms with Crippen LogP contribution in [0.1, 0.15) is 15.2 Å². The van der Waals surface area contributed by atoms with Crippen molar-refractivity contribution in [3.8, 4) is 21.8 Å². The van der Waals surface area contributed by atoms with Crippen LogP contribution in [0.5, 0.6) is 0 Å². The molecule has 5 rings (SSSR count). The Morgan fingerprint density at radius 2 is 1.51 bits per heavy atom. The lowest BCUT2D eigenvalue weighted by Crippen LogP contribution is -2.34. The number of thiophene rings is 1. The lowest BCUT2D eigenvalue weighted by molar-refractivity contribution is -0.121. The summed E-state index contributed by atoms with van der Waals surface area (Å²) in [7, 11) is 0. The quantitative estimate of drug-likeness (QED) is 0.251. The van der Waals surface area contributed by atoms with E-state index >= 15 is 0 Å². The van der Waals surface area contributed by atoms with Gasteiger partial charge in [0, 0.05) is 22.0 Å². The molecule has 0 aliphatic rings. The van der Waals surface area contributed by atoms with Crippen molar-refractivity contribution in [3.05, 3.63) is 129 Å². The number of anilines is 1. The average Bonchev–Trinajstić information content (AvgIpc) is 3.47. The fourth-order valence-electron chi connectivity index (χ4n) is 3.95. The molecule has 0 atom stereocenters. The highest BCUT2D eigenvalue weighted by molar-refractivity contribution is 7.17. The first-order valence-corrected chi connectivity index (χ1v) is 13.3. The lowest BCUT2D eigenvalue weighted by Gasteiger charge is -2.14. The number of nitrogens with zero attached hydrogens (tertiary/aromatic N) is 2. The summed E-state index contributed by atoms with van der Waals surface area (Å²) in [6.07, 6.45) is 1.33. The smallest absolute Gasteiger partial charge is 0.278 e. The van der Waals surface area contributed by atoms with E-state index in [1.54, 1.807) is 30.3 Å². The number of hydrogen-bond donors (Lipinski definition) is 2. The lowest BCUT2D eigenvalue weighted by atomic mass is 10.2. The first-order valence-electron chi connectivity index (χ1n) is 12.1. The minimum Gasteiger partial charge on any atom is -0.350 e. The molecule has 0 aliphatic carbocycles. The number of carbonyl (C=O) groups excluding carboxylic acids is 2. The van der Waals surface area contributed by atoms with Crippen LogP contribution >= 0.6 is 22.9 Å². The van der Waals surface area contributed by atoms with Crippen molar-refractivity contribution in [2.45, 2.75) is 13.1 Å². The minimum absolute atomic E-state index is 0.0140. The van der Waals surface area contributed by atoms with Gasteiger partial charge in [0.05, 0.1) is 11.1 Å². The number of amides is 2. The number of nitrogens with one attached hydrogen (secondary N) is 2. The molecular weight excluding hydrogens is 532 g/mol. The third kappa shape index (κ3) is 6.31. The minimum atomic E-state index is -0.529. The molecule has 2 N–H and O–H groups in total. The monoisotopic (exact) mass is 554 g/mol. The SMILES string of the molecule is O=C(Cn1c(-c2ccccc2)ncc(NC(=O)c2ccc(-c3ccccc3)s2)c1=O)NCc1ccc(Cl)cc1. The zero-order valence-corrected chi connectivity index (χ0v) is 22.2. The molecule has 0 saturated heterocycles. The average molecular weight is 555 g/mol. The Labute approximate surface area is 233 Å². The summed E-state index contributed by atoms with van der Waals surface area (Å²) in [4.78, 5) is 45.2. The van der Waals surface area contributed by atoms with E-state index in [0.29, 0.717) is 21.3 Å². The number of carbonyl (C=O) groups is 2.